The Hall–Kier alpha value is -2.53. The minimum absolute atomic E-state index is 0.222. The van der Waals surface area contributed by atoms with Gasteiger partial charge in [-0.3, -0.25) is 4.79 Å². The summed E-state index contributed by atoms with van der Waals surface area (Å²) >= 11 is 0. The fourth-order valence-electron chi connectivity index (χ4n) is 2.27. The van der Waals surface area contributed by atoms with Gasteiger partial charge in [0.2, 0.25) is 5.91 Å². The molecule has 5 nitrogen and oxygen atoms in total. The van der Waals surface area contributed by atoms with Crippen LogP contribution in [0.2, 0.25) is 0 Å². The standard InChI is InChI=1S/C18H22N2O3/c1-12(19)18(21)20-17(13-6-4-8-15(10-13)22-2)14-7-5-9-16(11-14)23-3/h4-12,17H,19H2,1-3H3,(H,20,21)/t12-/m0/s1. The number of methoxy groups -OCH3 is 2. The zero-order chi connectivity index (χ0) is 16.8. The van der Waals surface area contributed by atoms with Crippen LogP contribution >= 0.6 is 0 Å². The first-order chi connectivity index (χ1) is 11.0. The third-order valence-electron chi connectivity index (χ3n) is 3.55. The van der Waals surface area contributed by atoms with Gasteiger partial charge < -0.3 is 20.5 Å². The molecule has 23 heavy (non-hydrogen) atoms. The highest BCUT2D eigenvalue weighted by atomic mass is 16.5. The molecule has 0 radical (unpaired) electrons. The Balaban J connectivity index is 2.43. The van der Waals surface area contributed by atoms with Crippen LogP contribution in [0.5, 0.6) is 11.5 Å². The van der Waals surface area contributed by atoms with E-state index in [4.69, 9.17) is 15.2 Å². The minimum atomic E-state index is -0.589. The summed E-state index contributed by atoms with van der Waals surface area (Å²) in [6.45, 7) is 1.66. The fraction of sp³-hybridized carbons (Fsp3) is 0.278. The van der Waals surface area contributed by atoms with E-state index in [-0.39, 0.29) is 11.9 Å². The van der Waals surface area contributed by atoms with Crippen LogP contribution in [0.25, 0.3) is 0 Å². The van der Waals surface area contributed by atoms with Crippen molar-refractivity contribution in [1.29, 1.82) is 0 Å². The van der Waals surface area contributed by atoms with Crippen LogP contribution in [0.1, 0.15) is 24.1 Å². The molecule has 0 heterocycles. The predicted molar refractivity (Wildman–Crippen MR) is 89.6 cm³/mol. The zero-order valence-electron chi connectivity index (χ0n) is 13.6. The lowest BCUT2D eigenvalue weighted by Gasteiger charge is -2.22. The molecule has 2 aromatic carbocycles. The van der Waals surface area contributed by atoms with Crippen molar-refractivity contribution < 1.29 is 14.3 Å². The molecule has 0 spiro atoms. The molecule has 0 saturated carbocycles. The summed E-state index contributed by atoms with van der Waals surface area (Å²) in [6, 6.07) is 14.2. The monoisotopic (exact) mass is 314 g/mol. The fourth-order valence-corrected chi connectivity index (χ4v) is 2.27. The van der Waals surface area contributed by atoms with Crippen molar-refractivity contribution in [3.8, 4) is 11.5 Å². The lowest BCUT2D eigenvalue weighted by molar-refractivity contribution is -0.122. The second-order valence-corrected chi connectivity index (χ2v) is 5.28. The highest BCUT2D eigenvalue weighted by Gasteiger charge is 2.19. The van der Waals surface area contributed by atoms with Crippen LogP contribution < -0.4 is 20.5 Å². The summed E-state index contributed by atoms with van der Waals surface area (Å²) in [5.74, 6) is 1.23. The predicted octanol–water partition coefficient (Wildman–Crippen LogP) is 2.26. The van der Waals surface area contributed by atoms with Gasteiger partial charge in [-0.25, -0.2) is 0 Å². The molecule has 0 bridgehead atoms. The smallest absolute Gasteiger partial charge is 0.237 e. The number of nitrogens with one attached hydrogen (secondary N) is 1. The van der Waals surface area contributed by atoms with Crippen LogP contribution in [-0.4, -0.2) is 26.2 Å². The zero-order valence-corrected chi connectivity index (χ0v) is 13.6. The Labute approximate surface area is 136 Å². The van der Waals surface area contributed by atoms with Gasteiger partial charge in [-0.2, -0.15) is 0 Å². The number of hydrogen-bond donors (Lipinski definition) is 2. The van der Waals surface area contributed by atoms with E-state index in [1.807, 2.05) is 48.5 Å². The van der Waals surface area contributed by atoms with Gasteiger partial charge in [0.25, 0.3) is 0 Å². The van der Waals surface area contributed by atoms with E-state index in [1.54, 1.807) is 21.1 Å². The maximum atomic E-state index is 12.1. The molecule has 1 amide bonds. The minimum Gasteiger partial charge on any atom is -0.497 e. The molecule has 0 aliphatic carbocycles. The van der Waals surface area contributed by atoms with Crippen LogP contribution in [0.4, 0.5) is 0 Å². The molecule has 2 rings (SSSR count). The lowest BCUT2D eigenvalue weighted by atomic mass is 9.97. The number of carbonyl (C=O) groups excluding carboxylic acids is 1. The lowest BCUT2D eigenvalue weighted by Crippen LogP contribution is -2.40. The average Bonchev–Trinajstić information content (AvgIpc) is 2.59. The largest absolute Gasteiger partial charge is 0.497 e. The summed E-state index contributed by atoms with van der Waals surface area (Å²) in [5, 5.41) is 2.98. The van der Waals surface area contributed by atoms with Gasteiger partial charge in [-0.1, -0.05) is 24.3 Å². The van der Waals surface area contributed by atoms with E-state index >= 15 is 0 Å². The molecule has 122 valence electrons. The number of carbonyl (C=O) groups is 1. The first-order valence-electron chi connectivity index (χ1n) is 7.39. The quantitative estimate of drug-likeness (QED) is 0.858. The highest BCUT2D eigenvalue weighted by molar-refractivity contribution is 5.81. The van der Waals surface area contributed by atoms with Gasteiger partial charge in [0.1, 0.15) is 11.5 Å². The second kappa shape index (κ2) is 7.65. The number of rotatable bonds is 6. The molecule has 0 saturated heterocycles. The maximum Gasteiger partial charge on any atom is 0.237 e. The SMILES string of the molecule is COc1cccc(C(NC(=O)[C@H](C)N)c2cccc(OC)c2)c1. The topological polar surface area (TPSA) is 73.6 Å². The first kappa shape index (κ1) is 16.8. The van der Waals surface area contributed by atoms with Crippen molar-refractivity contribution in [2.24, 2.45) is 5.73 Å². The number of benzene rings is 2. The van der Waals surface area contributed by atoms with Gasteiger partial charge in [0.05, 0.1) is 26.3 Å². The molecular weight excluding hydrogens is 292 g/mol. The molecule has 2 aromatic rings. The maximum absolute atomic E-state index is 12.1. The Kier molecular flexibility index (Phi) is 5.60. The molecule has 0 unspecified atom stereocenters. The van der Waals surface area contributed by atoms with Gasteiger partial charge in [-0.05, 0) is 42.3 Å². The van der Waals surface area contributed by atoms with Crippen LogP contribution in [0.3, 0.4) is 0 Å². The summed E-state index contributed by atoms with van der Waals surface area (Å²) < 4.78 is 10.6. The van der Waals surface area contributed by atoms with E-state index in [0.717, 1.165) is 22.6 Å². The van der Waals surface area contributed by atoms with Gasteiger partial charge >= 0.3 is 0 Å². The third-order valence-corrected chi connectivity index (χ3v) is 3.55. The van der Waals surface area contributed by atoms with Crippen LogP contribution in [0.15, 0.2) is 48.5 Å². The summed E-state index contributed by atoms with van der Waals surface area (Å²) in [6.07, 6.45) is 0. The Morgan fingerprint density at radius 3 is 1.87 bits per heavy atom. The first-order valence-corrected chi connectivity index (χ1v) is 7.39. The van der Waals surface area contributed by atoms with Gasteiger partial charge in [0, 0.05) is 0 Å². The second-order valence-electron chi connectivity index (χ2n) is 5.28. The Morgan fingerprint density at radius 1 is 1.00 bits per heavy atom. The summed E-state index contributed by atoms with van der Waals surface area (Å²) in [4.78, 5) is 12.1. The number of amides is 1. The van der Waals surface area contributed by atoms with Crippen molar-refractivity contribution in [3.63, 3.8) is 0 Å². The Morgan fingerprint density at radius 2 is 1.48 bits per heavy atom. The van der Waals surface area contributed by atoms with Crippen molar-refractivity contribution in [2.75, 3.05) is 14.2 Å². The molecule has 3 N–H and O–H groups in total. The van der Waals surface area contributed by atoms with Crippen molar-refractivity contribution >= 4 is 5.91 Å². The van der Waals surface area contributed by atoms with E-state index in [0.29, 0.717) is 0 Å². The molecule has 0 aliphatic heterocycles. The Bertz CT molecular complexity index is 623. The van der Waals surface area contributed by atoms with Crippen LogP contribution in [0, 0.1) is 0 Å². The van der Waals surface area contributed by atoms with E-state index in [2.05, 4.69) is 5.32 Å². The number of ether oxygens (including phenoxy) is 2. The molecule has 1 atom stereocenters. The molecular formula is C18H22N2O3. The van der Waals surface area contributed by atoms with Crippen molar-refractivity contribution in [2.45, 2.75) is 19.0 Å². The summed E-state index contributed by atoms with van der Waals surface area (Å²) in [7, 11) is 3.22. The normalized spacial score (nSPS) is 11.9. The van der Waals surface area contributed by atoms with E-state index < -0.39 is 6.04 Å². The molecule has 0 aromatic heterocycles. The van der Waals surface area contributed by atoms with Gasteiger partial charge in [-0.15, -0.1) is 0 Å². The highest BCUT2D eigenvalue weighted by Crippen LogP contribution is 2.27. The van der Waals surface area contributed by atoms with Crippen molar-refractivity contribution in [3.05, 3.63) is 59.7 Å². The average molecular weight is 314 g/mol. The molecule has 0 aliphatic rings. The van der Waals surface area contributed by atoms with E-state index in [1.165, 1.54) is 0 Å². The van der Waals surface area contributed by atoms with Gasteiger partial charge in [0.15, 0.2) is 0 Å². The molecule has 5 heteroatoms. The van der Waals surface area contributed by atoms with E-state index in [9.17, 15) is 4.79 Å². The van der Waals surface area contributed by atoms with Crippen molar-refractivity contribution in [1.82, 2.24) is 5.32 Å². The van der Waals surface area contributed by atoms with Crippen LogP contribution in [-0.2, 0) is 4.79 Å². The molecule has 0 fully saturated rings. The third kappa shape index (κ3) is 4.23. The summed E-state index contributed by atoms with van der Waals surface area (Å²) in [5.41, 5.74) is 7.51. The number of nitrogens with two attached hydrogens (primary N) is 1. The number of hydrogen-bond acceptors (Lipinski definition) is 4.